The van der Waals surface area contributed by atoms with Crippen molar-refractivity contribution in [3.8, 4) is 0 Å². The van der Waals surface area contributed by atoms with E-state index in [0.29, 0.717) is 19.4 Å². The predicted molar refractivity (Wildman–Crippen MR) is 87.2 cm³/mol. The fraction of sp³-hybridized carbons (Fsp3) is 0.438. The molecule has 0 unspecified atom stereocenters. The lowest BCUT2D eigenvalue weighted by Crippen LogP contribution is -2.41. The number of carbonyl (C=O) groups is 2. The van der Waals surface area contributed by atoms with Gasteiger partial charge in [0.25, 0.3) is 0 Å². The Balaban J connectivity index is 2.30. The molecule has 0 bridgehead atoms. The average Bonchev–Trinajstić information content (AvgIpc) is 2.56. The first-order chi connectivity index (χ1) is 11.5. The number of carboxylic acids is 1. The number of nitrogens with zero attached hydrogens (tertiary/aromatic N) is 1. The van der Waals surface area contributed by atoms with Gasteiger partial charge in [0.1, 0.15) is 12.6 Å². The lowest BCUT2D eigenvalue weighted by Gasteiger charge is -2.15. The highest BCUT2D eigenvalue weighted by molar-refractivity contribution is 5.79. The van der Waals surface area contributed by atoms with E-state index in [9.17, 15) is 14.8 Å². The number of benzene rings is 1. The van der Waals surface area contributed by atoms with E-state index < -0.39 is 18.1 Å². The van der Waals surface area contributed by atoms with Crippen LogP contribution in [0.5, 0.6) is 0 Å². The number of hydrogen-bond acceptors (Lipinski definition) is 6. The normalized spacial score (nSPS) is 11.8. The molecule has 1 aromatic carbocycles. The second-order valence-electron chi connectivity index (χ2n) is 5.21. The monoisotopic (exact) mass is 337 g/mol. The largest absolute Gasteiger partial charge is 0.480 e. The van der Waals surface area contributed by atoms with Crippen LogP contribution >= 0.6 is 0 Å². The average molecular weight is 337 g/mol. The quantitative estimate of drug-likeness (QED) is 0.278. The van der Waals surface area contributed by atoms with Crippen molar-refractivity contribution < 1.29 is 24.6 Å². The van der Waals surface area contributed by atoms with Gasteiger partial charge in [-0.05, 0) is 24.8 Å². The van der Waals surface area contributed by atoms with Gasteiger partial charge in [0.05, 0.1) is 6.54 Å². The van der Waals surface area contributed by atoms with E-state index in [-0.39, 0.29) is 19.6 Å². The minimum Gasteiger partial charge on any atom is -0.480 e. The summed E-state index contributed by atoms with van der Waals surface area (Å²) >= 11 is 0. The molecule has 0 aliphatic carbocycles. The van der Waals surface area contributed by atoms with Crippen molar-refractivity contribution in [1.29, 1.82) is 5.41 Å². The molecule has 24 heavy (non-hydrogen) atoms. The number of unbranched alkanes of at least 4 members (excludes halogenated alkanes) is 1. The standard InChI is InChI=1S/C16H23N3O5/c17-9-11-19(23)10-5-4-8-14(15(20)21)18-16(22)24-12-13-6-2-1-3-7-13/h1-3,6-7,9,14,17,23H,4-5,8,10-12H2,(H,18,22)(H,20,21)/t14-/m0/s1. The van der Waals surface area contributed by atoms with Gasteiger partial charge >= 0.3 is 12.1 Å². The van der Waals surface area contributed by atoms with Crippen LogP contribution in [0.3, 0.4) is 0 Å². The second kappa shape index (κ2) is 11.1. The number of hydroxylamine groups is 2. The first kappa shape index (κ1) is 19.6. The summed E-state index contributed by atoms with van der Waals surface area (Å²) in [4.78, 5) is 22.9. The molecule has 1 amide bonds. The highest BCUT2D eigenvalue weighted by atomic mass is 16.5. The molecule has 0 saturated carbocycles. The Bertz CT molecular complexity index is 524. The molecule has 1 aromatic rings. The van der Waals surface area contributed by atoms with E-state index in [1.807, 2.05) is 18.2 Å². The van der Waals surface area contributed by atoms with Crippen LogP contribution in [0.25, 0.3) is 0 Å². The molecule has 0 heterocycles. The van der Waals surface area contributed by atoms with E-state index >= 15 is 0 Å². The van der Waals surface area contributed by atoms with Crippen molar-refractivity contribution in [2.75, 3.05) is 13.1 Å². The lowest BCUT2D eigenvalue weighted by molar-refractivity contribution is -0.139. The van der Waals surface area contributed by atoms with Crippen LogP contribution in [0.2, 0.25) is 0 Å². The van der Waals surface area contributed by atoms with Crippen molar-refractivity contribution in [1.82, 2.24) is 10.4 Å². The third-order valence-corrected chi connectivity index (χ3v) is 3.26. The summed E-state index contributed by atoms with van der Waals surface area (Å²) in [5.74, 6) is -1.13. The van der Waals surface area contributed by atoms with Gasteiger partial charge in [-0.1, -0.05) is 30.3 Å². The molecule has 4 N–H and O–H groups in total. The maximum absolute atomic E-state index is 11.7. The highest BCUT2D eigenvalue weighted by Gasteiger charge is 2.20. The number of alkyl carbamates (subject to hydrolysis) is 1. The van der Waals surface area contributed by atoms with E-state index in [1.165, 1.54) is 0 Å². The molecule has 8 heteroatoms. The third kappa shape index (κ3) is 8.25. The summed E-state index contributed by atoms with van der Waals surface area (Å²) in [5, 5.41) is 28.6. The third-order valence-electron chi connectivity index (χ3n) is 3.26. The lowest BCUT2D eigenvalue weighted by atomic mass is 10.1. The highest BCUT2D eigenvalue weighted by Crippen LogP contribution is 2.05. The molecule has 0 aromatic heterocycles. The van der Waals surface area contributed by atoms with Gasteiger partial charge in [-0.3, -0.25) is 0 Å². The molecule has 8 nitrogen and oxygen atoms in total. The summed E-state index contributed by atoms with van der Waals surface area (Å²) in [6, 6.07) is 8.05. The van der Waals surface area contributed by atoms with Crippen LogP contribution in [0.1, 0.15) is 24.8 Å². The minimum absolute atomic E-state index is 0.0715. The zero-order valence-electron chi connectivity index (χ0n) is 13.4. The Morgan fingerprint density at radius 1 is 1.29 bits per heavy atom. The molecule has 0 aliphatic heterocycles. The second-order valence-corrected chi connectivity index (χ2v) is 5.21. The van der Waals surface area contributed by atoms with Crippen LogP contribution in [0.4, 0.5) is 4.79 Å². The van der Waals surface area contributed by atoms with Gasteiger partial charge < -0.3 is 25.8 Å². The van der Waals surface area contributed by atoms with Gasteiger partial charge in [0.15, 0.2) is 0 Å². The van der Waals surface area contributed by atoms with E-state index in [0.717, 1.165) is 16.8 Å². The summed E-state index contributed by atoms with van der Waals surface area (Å²) < 4.78 is 5.00. The Morgan fingerprint density at radius 3 is 2.62 bits per heavy atom. The summed E-state index contributed by atoms with van der Waals surface area (Å²) in [7, 11) is 0. The van der Waals surface area contributed by atoms with Gasteiger partial charge in [0, 0.05) is 12.8 Å². The SMILES string of the molecule is N=CCN(O)CCCC[C@H](NC(=O)OCc1ccccc1)C(=O)O. The number of ether oxygens (including phenoxy) is 1. The first-order valence-electron chi connectivity index (χ1n) is 7.65. The van der Waals surface area contributed by atoms with Gasteiger partial charge in [-0.2, -0.15) is 5.06 Å². The van der Waals surface area contributed by atoms with Crippen molar-refractivity contribution in [2.24, 2.45) is 0 Å². The molecule has 0 aliphatic rings. The number of carboxylic acid groups (broad SMARTS) is 1. The van der Waals surface area contributed by atoms with Gasteiger partial charge in [-0.15, -0.1) is 0 Å². The van der Waals surface area contributed by atoms with E-state index in [2.05, 4.69) is 5.32 Å². The summed E-state index contributed by atoms with van der Waals surface area (Å²) in [5.41, 5.74) is 0.814. The van der Waals surface area contributed by atoms with Crippen LogP contribution in [-0.4, -0.2) is 52.8 Å². The Morgan fingerprint density at radius 2 is 2.00 bits per heavy atom. The van der Waals surface area contributed by atoms with Crippen molar-refractivity contribution in [3.63, 3.8) is 0 Å². The summed E-state index contributed by atoms with van der Waals surface area (Å²) in [6.07, 6.45) is 1.58. The van der Waals surface area contributed by atoms with Crippen LogP contribution in [0, 0.1) is 5.41 Å². The smallest absolute Gasteiger partial charge is 0.408 e. The van der Waals surface area contributed by atoms with Gasteiger partial charge in [-0.25, -0.2) is 9.59 Å². The molecule has 1 rings (SSSR count). The minimum atomic E-state index is -1.13. The van der Waals surface area contributed by atoms with Crippen molar-refractivity contribution in [3.05, 3.63) is 35.9 Å². The zero-order chi connectivity index (χ0) is 17.8. The van der Waals surface area contributed by atoms with Crippen LogP contribution < -0.4 is 5.32 Å². The topological polar surface area (TPSA) is 123 Å². The van der Waals surface area contributed by atoms with Crippen molar-refractivity contribution >= 4 is 18.3 Å². The van der Waals surface area contributed by atoms with Gasteiger partial charge in [0.2, 0.25) is 0 Å². The van der Waals surface area contributed by atoms with E-state index in [1.54, 1.807) is 12.1 Å². The number of hydrogen-bond donors (Lipinski definition) is 4. The fourth-order valence-electron chi connectivity index (χ4n) is 2.00. The molecule has 132 valence electrons. The van der Waals surface area contributed by atoms with E-state index in [4.69, 9.17) is 15.3 Å². The number of amides is 1. The Labute approximate surface area is 140 Å². The van der Waals surface area contributed by atoms with Crippen molar-refractivity contribution in [2.45, 2.75) is 31.9 Å². The number of nitrogens with one attached hydrogen (secondary N) is 2. The van der Waals surface area contributed by atoms with Crippen LogP contribution in [0.15, 0.2) is 30.3 Å². The molecule has 1 atom stereocenters. The number of carbonyl (C=O) groups excluding carboxylic acids is 1. The molecule has 0 fully saturated rings. The number of aliphatic carboxylic acids is 1. The molecular weight excluding hydrogens is 314 g/mol. The Hall–Kier alpha value is -2.45. The maximum atomic E-state index is 11.7. The maximum Gasteiger partial charge on any atom is 0.408 e. The molecular formula is C16H23N3O5. The molecule has 0 radical (unpaired) electrons. The number of rotatable bonds is 11. The zero-order valence-corrected chi connectivity index (χ0v) is 13.4. The van der Waals surface area contributed by atoms with Crippen LogP contribution in [-0.2, 0) is 16.1 Å². The molecule has 0 spiro atoms. The Kier molecular flexibility index (Phi) is 9.10. The fourth-order valence-corrected chi connectivity index (χ4v) is 2.00. The molecule has 0 saturated heterocycles. The predicted octanol–water partition coefficient (Wildman–Crippen LogP) is 1.88. The summed E-state index contributed by atoms with van der Waals surface area (Å²) in [6.45, 7) is 0.536. The first-order valence-corrected chi connectivity index (χ1v) is 7.65.